The lowest BCUT2D eigenvalue weighted by molar-refractivity contribution is -0.120. The quantitative estimate of drug-likeness (QED) is 0.822. The van der Waals surface area contributed by atoms with Crippen molar-refractivity contribution >= 4 is 11.6 Å². The number of likely N-dealkylation sites (tertiary alicyclic amines) is 1. The summed E-state index contributed by atoms with van der Waals surface area (Å²) in [5, 5.41) is 8.59. The molecule has 1 aliphatic heterocycles. The van der Waals surface area contributed by atoms with Gasteiger partial charge >= 0.3 is 0 Å². The van der Waals surface area contributed by atoms with Crippen molar-refractivity contribution < 1.29 is 9.21 Å². The highest BCUT2D eigenvalue weighted by atomic mass is 16.4. The first-order valence-corrected chi connectivity index (χ1v) is 9.61. The van der Waals surface area contributed by atoms with Crippen LogP contribution in [0.15, 0.2) is 34.7 Å². The van der Waals surface area contributed by atoms with Crippen LogP contribution in [0.2, 0.25) is 0 Å². The Morgan fingerprint density at radius 1 is 1.12 bits per heavy atom. The largest absolute Gasteiger partial charge is 0.423 e. The fourth-order valence-corrected chi connectivity index (χ4v) is 3.74. The Balaban J connectivity index is 1.45. The van der Waals surface area contributed by atoms with Crippen molar-refractivity contribution in [3.05, 3.63) is 42.1 Å². The predicted molar refractivity (Wildman–Crippen MR) is 98.9 cm³/mol. The number of para-hydroxylation sites is 1. The van der Waals surface area contributed by atoms with E-state index in [2.05, 4.69) is 15.1 Å². The maximum atomic E-state index is 12.8. The number of nitrogens with zero attached hydrogens (tertiary/aromatic N) is 4. The minimum atomic E-state index is 0.0539. The third-order valence-electron chi connectivity index (χ3n) is 5.67. The number of benzene rings is 1. The first-order chi connectivity index (χ1) is 12.7. The van der Waals surface area contributed by atoms with Crippen LogP contribution in [0.3, 0.4) is 0 Å². The van der Waals surface area contributed by atoms with E-state index in [4.69, 9.17) is 4.42 Å². The van der Waals surface area contributed by atoms with Gasteiger partial charge in [-0.2, -0.15) is 0 Å². The highest BCUT2D eigenvalue weighted by Gasteiger charge is 2.32. The average Bonchev–Trinajstić information content (AvgIpc) is 3.10. The summed E-state index contributed by atoms with van der Waals surface area (Å²) in [6.45, 7) is 1.26. The minimum Gasteiger partial charge on any atom is -0.423 e. The van der Waals surface area contributed by atoms with E-state index in [1.54, 1.807) is 4.90 Å². The number of anilines is 1. The summed E-state index contributed by atoms with van der Waals surface area (Å²) in [5.74, 6) is 1.99. The molecule has 1 aromatic carbocycles. The number of rotatable bonds is 5. The molecule has 0 spiro atoms. The lowest BCUT2D eigenvalue weighted by atomic mass is 9.85. The smallest absolute Gasteiger partial charge is 0.240 e. The topological polar surface area (TPSA) is 62.5 Å². The molecule has 26 heavy (non-hydrogen) atoms. The number of aromatic nitrogens is 2. The SMILES string of the molecule is CN(C(=O)CN1CCCC[C@@H]1c1nnc(C2CCC2)o1)c1ccccc1. The maximum absolute atomic E-state index is 12.8. The van der Waals surface area contributed by atoms with Gasteiger partial charge in [0.25, 0.3) is 0 Å². The molecule has 0 bridgehead atoms. The zero-order chi connectivity index (χ0) is 17.9. The molecule has 2 aromatic rings. The Hall–Kier alpha value is -2.21. The molecule has 1 saturated carbocycles. The van der Waals surface area contributed by atoms with Gasteiger partial charge in [0.2, 0.25) is 17.7 Å². The second-order valence-corrected chi connectivity index (χ2v) is 7.38. The fraction of sp³-hybridized carbons (Fsp3) is 0.550. The molecule has 1 aliphatic carbocycles. The van der Waals surface area contributed by atoms with Gasteiger partial charge in [-0.15, -0.1) is 10.2 Å². The van der Waals surface area contributed by atoms with Gasteiger partial charge in [0.15, 0.2) is 0 Å². The van der Waals surface area contributed by atoms with Crippen molar-refractivity contribution in [1.29, 1.82) is 0 Å². The van der Waals surface area contributed by atoms with Crippen LogP contribution in [-0.2, 0) is 4.79 Å². The molecule has 0 unspecified atom stereocenters. The molecule has 2 heterocycles. The zero-order valence-electron chi connectivity index (χ0n) is 15.3. The molecule has 1 amide bonds. The first kappa shape index (κ1) is 17.2. The second kappa shape index (κ2) is 7.58. The summed E-state index contributed by atoms with van der Waals surface area (Å²) < 4.78 is 6.00. The van der Waals surface area contributed by atoms with E-state index in [1.165, 1.54) is 6.42 Å². The number of hydrogen-bond acceptors (Lipinski definition) is 5. The van der Waals surface area contributed by atoms with Crippen LogP contribution in [0.25, 0.3) is 0 Å². The van der Waals surface area contributed by atoms with Crippen LogP contribution in [-0.4, -0.2) is 41.1 Å². The van der Waals surface area contributed by atoms with E-state index in [0.717, 1.165) is 50.2 Å². The summed E-state index contributed by atoms with van der Waals surface area (Å²) in [7, 11) is 1.83. The van der Waals surface area contributed by atoms with Crippen LogP contribution in [0.4, 0.5) is 5.69 Å². The van der Waals surface area contributed by atoms with Crippen LogP contribution < -0.4 is 4.90 Å². The molecular weight excluding hydrogens is 328 g/mol. The highest BCUT2D eigenvalue weighted by Crippen LogP contribution is 2.37. The van der Waals surface area contributed by atoms with Crippen molar-refractivity contribution in [3.8, 4) is 0 Å². The molecule has 6 nitrogen and oxygen atoms in total. The molecule has 2 aliphatic rings. The van der Waals surface area contributed by atoms with Crippen LogP contribution in [0, 0.1) is 0 Å². The van der Waals surface area contributed by atoms with E-state index < -0.39 is 0 Å². The third-order valence-corrected chi connectivity index (χ3v) is 5.67. The number of likely N-dealkylation sites (N-methyl/N-ethyl adjacent to an activating group) is 1. The van der Waals surface area contributed by atoms with Gasteiger partial charge in [-0.3, -0.25) is 9.69 Å². The minimum absolute atomic E-state index is 0.0539. The Morgan fingerprint density at radius 3 is 2.62 bits per heavy atom. The molecule has 6 heteroatoms. The summed E-state index contributed by atoms with van der Waals surface area (Å²) in [6, 6.07) is 9.81. The van der Waals surface area contributed by atoms with Gasteiger partial charge in [0, 0.05) is 18.7 Å². The average molecular weight is 354 g/mol. The van der Waals surface area contributed by atoms with E-state index in [1.807, 2.05) is 37.4 Å². The summed E-state index contributed by atoms with van der Waals surface area (Å²) in [4.78, 5) is 16.7. The van der Waals surface area contributed by atoms with Crippen molar-refractivity contribution in [2.24, 2.45) is 0 Å². The lowest BCUT2D eigenvalue weighted by Gasteiger charge is -2.34. The number of piperidine rings is 1. The molecule has 1 saturated heterocycles. The molecule has 0 N–H and O–H groups in total. The van der Waals surface area contributed by atoms with Gasteiger partial charge < -0.3 is 9.32 Å². The molecule has 1 atom stereocenters. The first-order valence-electron chi connectivity index (χ1n) is 9.61. The molecule has 2 fully saturated rings. The van der Waals surface area contributed by atoms with E-state index in [9.17, 15) is 4.79 Å². The third kappa shape index (κ3) is 3.51. The van der Waals surface area contributed by atoms with Gasteiger partial charge in [-0.1, -0.05) is 31.0 Å². The predicted octanol–water partition coefficient (Wildman–Crippen LogP) is 3.53. The van der Waals surface area contributed by atoms with Gasteiger partial charge in [0.05, 0.1) is 12.6 Å². The standard InChI is InChI=1S/C20H26N4O2/c1-23(16-10-3-2-4-11-16)18(25)14-24-13-6-5-12-17(24)20-22-21-19(26-20)15-8-7-9-15/h2-4,10-11,15,17H,5-9,12-14H2,1H3/t17-/m1/s1. The zero-order valence-corrected chi connectivity index (χ0v) is 15.3. The van der Waals surface area contributed by atoms with Crippen molar-refractivity contribution in [2.45, 2.75) is 50.5 Å². The second-order valence-electron chi connectivity index (χ2n) is 7.38. The molecule has 0 radical (unpaired) electrons. The van der Waals surface area contributed by atoms with Crippen LogP contribution >= 0.6 is 0 Å². The fourth-order valence-electron chi connectivity index (χ4n) is 3.74. The highest BCUT2D eigenvalue weighted by molar-refractivity contribution is 5.94. The van der Waals surface area contributed by atoms with E-state index >= 15 is 0 Å². The van der Waals surface area contributed by atoms with Gasteiger partial charge in [-0.25, -0.2) is 0 Å². The van der Waals surface area contributed by atoms with Crippen LogP contribution in [0.1, 0.15) is 62.3 Å². The van der Waals surface area contributed by atoms with Gasteiger partial charge in [0.1, 0.15) is 0 Å². The van der Waals surface area contributed by atoms with E-state index in [-0.39, 0.29) is 11.9 Å². The Kier molecular flexibility index (Phi) is 5.02. The number of carbonyl (C=O) groups excluding carboxylic acids is 1. The normalized spacial score (nSPS) is 21.3. The van der Waals surface area contributed by atoms with Crippen molar-refractivity contribution in [2.75, 3.05) is 25.0 Å². The van der Waals surface area contributed by atoms with E-state index in [0.29, 0.717) is 18.4 Å². The summed E-state index contributed by atoms with van der Waals surface area (Å²) in [5.41, 5.74) is 0.913. The lowest BCUT2D eigenvalue weighted by Crippen LogP contribution is -2.42. The van der Waals surface area contributed by atoms with Crippen molar-refractivity contribution in [1.82, 2.24) is 15.1 Å². The summed E-state index contributed by atoms with van der Waals surface area (Å²) >= 11 is 0. The Morgan fingerprint density at radius 2 is 1.88 bits per heavy atom. The number of carbonyl (C=O) groups is 1. The van der Waals surface area contributed by atoms with Crippen LogP contribution in [0.5, 0.6) is 0 Å². The number of hydrogen-bond donors (Lipinski definition) is 0. The molecular formula is C20H26N4O2. The number of amides is 1. The molecule has 138 valence electrons. The maximum Gasteiger partial charge on any atom is 0.240 e. The molecule has 4 rings (SSSR count). The molecule has 1 aromatic heterocycles. The Labute approximate surface area is 154 Å². The van der Waals surface area contributed by atoms with Crippen molar-refractivity contribution in [3.63, 3.8) is 0 Å². The monoisotopic (exact) mass is 354 g/mol. The summed E-state index contributed by atoms with van der Waals surface area (Å²) in [6.07, 6.45) is 6.74. The Bertz CT molecular complexity index is 741. The van der Waals surface area contributed by atoms with Gasteiger partial charge in [-0.05, 0) is 44.4 Å².